The lowest BCUT2D eigenvalue weighted by Crippen LogP contribution is -2.45. The fourth-order valence-corrected chi connectivity index (χ4v) is 2.20. The van der Waals surface area contributed by atoms with Crippen LogP contribution in [0.3, 0.4) is 0 Å². The Hall–Kier alpha value is -0.870. The van der Waals surface area contributed by atoms with Crippen LogP contribution in [0.15, 0.2) is 12.4 Å². The normalized spacial score (nSPS) is 27.6. The SMILES string of the molecule is CC(C)N1C[C@@H](C)O[C@@H](c2cnn(C)c2)C1. The van der Waals surface area contributed by atoms with Gasteiger partial charge in [0.2, 0.25) is 0 Å². The van der Waals surface area contributed by atoms with Gasteiger partial charge in [-0.15, -0.1) is 0 Å². The summed E-state index contributed by atoms with van der Waals surface area (Å²) < 4.78 is 7.80. The average Bonchev–Trinajstić information content (AvgIpc) is 2.64. The summed E-state index contributed by atoms with van der Waals surface area (Å²) in [4.78, 5) is 2.46. The Morgan fingerprint density at radius 1 is 1.44 bits per heavy atom. The molecule has 0 saturated carbocycles. The quantitative estimate of drug-likeness (QED) is 0.762. The van der Waals surface area contributed by atoms with E-state index < -0.39 is 0 Å². The zero-order valence-electron chi connectivity index (χ0n) is 10.6. The number of aryl methyl sites for hydroxylation is 1. The van der Waals surface area contributed by atoms with Gasteiger partial charge in [0, 0.05) is 37.9 Å². The highest BCUT2D eigenvalue weighted by Crippen LogP contribution is 2.25. The second-order valence-corrected chi connectivity index (χ2v) is 4.93. The van der Waals surface area contributed by atoms with Crippen LogP contribution in [0.5, 0.6) is 0 Å². The molecule has 16 heavy (non-hydrogen) atoms. The first-order valence-electron chi connectivity index (χ1n) is 5.94. The maximum absolute atomic E-state index is 5.97. The molecule has 0 bridgehead atoms. The molecule has 2 atom stereocenters. The van der Waals surface area contributed by atoms with Gasteiger partial charge >= 0.3 is 0 Å². The molecule has 0 amide bonds. The topological polar surface area (TPSA) is 30.3 Å². The Bertz CT molecular complexity index is 348. The summed E-state index contributed by atoms with van der Waals surface area (Å²) in [5.74, 6) is 0. The lowest BCUT2D eigenvalue weighted by Gasteiger charge is -2.38. The molecular formula is C12H21N3O. The Morgan fingerprint density at radius 2 is 2.19 bits per heavy atom. The van der Waals surface area contributed by atoms with E-state index in [4.69, 9.17) is 4.74 Å². The third-order valence-electron chi connectivity index (χ3n) is 3.12. The first-order valence-corrected chi connectivity index (χ1v) is 5.94. The van der Waals surface area contributed by atoms with E-state index in [0.717, 1.165) is 13.1 Å². The molecule has 0 unspecified atom stereocenters. The van der Waals surface area contributed by atoms with E-state index in [1.807, 2.05) is 24.1 Å². The minimum atomic E-state index is 0.167. The Morgan fingerprint density at radius 3 is 2.75 bits per heavy atom. The van der Waals surface area contributed by atoms with Crippen LogP contribution in [0.1, 0.15) is 32.4 Å². The monoisotopic (exact) mass is 223 g/mol. The predicted octanol–water partition coefficient (Wildman–Crippen LogP) is 1.59. The van der Waals surface area contributed by atoms with Crippen LogP contribution in [0.25, 0.3) is 0 Å². The fourth-order valence-electron chi connectivity index (χ4n) is 2.20. The van der Waals surface area contributed by atoms with Crippen molar-refractivity contribution in [3.05, 3.63) is 18.0 Å². The highest BCUT2D eigenvalue weighted by Gasteiger charge is 2.28. The van der Waals surface area contributed by atoms with Crippen molar-refractivity contribution in [1.29, 1.82) is 0 Å². The van der Waals surface area contributed by atoms with Gasteiger partial charge in [0.25, 0.3) is 0 Å². The smallest absolute Gasteiger partial charge is 0.0986 e. The van der Waals surface area contributed by atoms with Crippen LogP contribution in [-0.4, -0.2) is 39.9 Å². The van der Waals surface area contributed by atoms with Crippen LogP contribution >= 0.6 is 0 Å². The van der Waals surface area contributed by atoms with E-state index in [2.05, 4.69) is 30.8 Å². The molecule has 1 saturated heterocycles. The standard InChI is InChI=1S/C12H21N3O/c1-9(2)15-6-10(3)16-12(8-15)11-5-13-14(4)7-11/h5,7,9-10,12H,6,8H2,1-4H3/t10-,12-/m1/s1. The van der Waals surface area contributed by atoms with Crippen molar-refractivity contribution in [2.45, 2.75) is 39.0 Å². The minimum absolute atomic E-state index is 0.167. The van der Waals surface area contributed by atoms with Gasteiger partial charge in [0.15, 0.2) is 0 Å². The second kappa shape index (κ2) is 4.55. The van der Waals surface area contributed by atoms with Crippen LogP contribution in [0, 0.1) is 0 Å². The van der Waals surface area contributed by atoms with E-state index in [9.17, 15) is 0 Å². The first-order chi connectivity index (χ1) is 7.56. The van der Waals surface area contributed by atoms with Crippen LogP contribution in [0.2, 0.25) is 0 Å². The molecule has 1 aromatic heterocycles. The number of rotatable bonds is 2. The largest absolute Gasteiger partial charge is 0.368 e. The van der Waals surface area contributed by atoms with Gasteiger partial charge in [0.05, 0.1) is 18.4 Å². The molecule has 0 radical (unpaired) electrons. The van der Waals surface area contributed by atoms with Crippen molar-refractivity contribution < 1.29 is 4.74 Å². The molecule has 2 heterocycles. The molecule has 4 nitrogen and oxygen atoms in total. The zero-order chi connectivity index (χ0) is 11.7. The maximum Gasteiger partial charge on any atom is 0.0986 e. The number of nitrogens with zero attached hydrogens (tertiary/aromatic N) is 3. The van der Waals surface area contributed by atoms with Crippen molar-refractivity contribution >= 4 is 0 Å². The Balaban J connectivity index is 2.10. The van der Waals surface area contributed by atoms with Crippen molar-refractivity contribution in [3.63, 3.8) is 0 Å². The van der Waals surface area contributed by atoms with E-state index >= 15 is 0 Å². The van der Waals surface area contributed by atoms with Crippen LogP contribution < -0.4 is 0 Å². The molecular weight excluding hydrogens is 202 g/mol. The molecule has 1 aliphatic rings. The molecule has 1 fully saturated rings. The van der Waals surface area contributed by atoms with Crippen LogP contribution in [0.4, 0.5) is 0 Å². The molecule has 90 valence electrons. The molecule has 2 rings (SSSR count). The van der Waals surface area contributed by atoms with Crippen molar-refractivity contribution in [2.24, 2.45) is 7.05 Å². The third-order valence-corrected chi connectivity index (χ3v) is 3.12. The van der Waals surface area contributed by atoms with Gasteiger partial charge in [-0.3, -0.25) is 9.58 Å². The van der Waals surface area contributed by atoms with Gasteiger partial charge in [-0.25, -0.2) is 0 Å². The van der Waals surface area contributed by atoms with Crippen LogP contribution in [-0.2, 0) is 11.8 Å². The van der Waals surface area contributed by atoms with E-state index in [0.29, 0.717) is 12.1 Å². The second-order valence-electron chi connectivity index (χ2n) is 4.93. The van der Waals surface area contributed by atoms with E-state index in [1.165, 1.54) is 5.56 Å². The van der Waals surface area contributed by atoms with Crippen molar-refractivity contribution in [1.82, 2.24) is 14.7 Å². The number of hydrogen-bond acceptors (Lipinski definition) is 3. The zero-order valence-corrected chi connectivity index (χ0v) is 10.6. The minimum Gasteiger partial charge on any atom is -0.368 e. The molecule has 0 aliphatic carbocycles. The lowest BCUT2D eigenvalue weighted by molar-refractivity contribution is -0.0871. The molecule has 0 spiro atoms. The summed E-state index contributed by atoms with van der Waals surface area (Å²) >= 11 is 0. The maximum atomic E-state index is 5.97. The van der Waals surface area contributed by atoms with Gasteiger partial charge in [-0.05, 0) is 20.8 Å². The summed E-state index contributed by atoms with van der Waals surface area (Å²) in [6.07, 6.45) is 4.41. The van der Waals surface area contributed by atoms with Gasteiger partial charge in [0.1, 0.15) is 0 Å². The Kier molecular flexibility index (Phi) is 3.30. The summed E-state index contributed by atoms with van der Waals surface area (Å²) in [7, 11) is 1.94. The van der Waals surface area contributed by atoms with E-state index in [1.54, 1.807) is 0 Å². The third kappa shape index (κ3) is 2.44. The summed E-state index contributed by atoms with van der Waals surface area (Å²) in [5.41, 5.74) is 1.18. The molecule has 0 aromatic carbocycles. The first kappa shape index (κ1) is 11.6. The fraction of sp³-hybridized carbons (Fsp3) is 0.750. The number of ether oxygens (including phenoxy) is 1. The van der Waals surface area contributed by atoms with Gasteiger partial charge in [-0.1, -0.05) is 0 Å². The molecule has 1 aliphatic heterocycles. The average molecular weight is 223 g/mol. The summed E-state index contributed by atoms with van der Waals surface area (Å²) in [6, 6.07) is 0.575. The number of aromatic nitrogens is 2. The highest BCUT2D eigenvalue weighted by atomic mass is 16.5. The predicted molar refractivity (Wildman–Crippen MR) is 63.2 cm³/mol. The summed E-state index contributed by atoms with van der Waals surface area (Å²) in [6.45, 7) is 8.59. The number of morpholine rings is 1. The van der Waals surface area contributed by atoms with Crippen molar-refractivity contribution in [2.75, 3.05) is 13.1 Å². The molecule has 1 aromatic rings. The lowest BCUT2D eigenvalue weighted by atomic mass is 10.1. The highest BCUT2D eigenvalue weighted by molar-refractivity contribution is 5.10. The molecule has 4 heteroatoms. The van der Waals surface area contributed by atoms with Gasteiger partial charge in [-0.2, -0.15) is 5.10 Å². The Labute approximate surface area is 97.2 Å². The number of hydrogen-bond donors (Lipinski definition) is 0. The van der Waals surface area contributed by atoms with Crippen molar-refractivity contribution in [3.8, 4) is 0 Å². The van der Waals surface area contributed by atoms with Gasteiger partial charge < -0.3 is 4.74 Å². The van der Waals surface area contributed by atoms with E-state index in [-0.39, 0.29) is 6.10 Å². The molecule has 0 N–H and O–H groups in total. The summed E-state index contributed by atoms with van der Waals surface area (Å²) in [5, 5.41) is 4.20.